The molecule has 0 atom stereocenters. The standard InChI is InChI=1S/C11H9N5O4/c12-11-13-8(17)7(9(18)14-11)16-15-6-3-1-5(2-4-6)10(19)20/h1-4H,(H,19,20)(H4,12,13,14,17,18)/p-1. The highest BCUT2D eigenvalue weighted by atomic mass is 16.4. The Bertz CT molecular complexity index is 735. The first kappa shape index (κ1) is 13.2. The average molecular weight is 274 g/mol. The van der Waals surface area contributed by atoms with Crippen LogP contribution in [0.15, 0.2) is 39.3 Å². The molecule has 102 valence electrons. The monoisotopic (exact) mass is 274 g/mol. The molecular weight excluding hydrogens is 266 g/mol. The van der Waals surface area contributed by atoms with Crippen LogP contribution in [-0.4, -0.2) is 21.0 Å². The Morgan fingerprint density at radius 3 is 2.50 bits per heavy atom. The number of benzene rings is 1. The molecule has 0 amide bonds. The molecule has 20 heavy (non-hydrogen) atoms. The van der Waals surface area contributed by atoms with Gasteiger partial charge in [0, 0.05) is 0 Å². The van der Waals surface area contributed by atoms with Crippen LogP contribution in [0.3, 0.4) is 0 Å². The van der Waals surface area contributed by atoms with Crippen molar-refractivity contribution in [2.45, 2.75) is 0 Å². The first-order chi connectivity index (χ1) is 9.47. The summed E-state index contributed by atoms with van der Waals surface area (Å²) in [6, 6.07) is 5.28. The molecule has 0 fully saturated rings. The van der Waals surface area contributed by atoms with Gasteiger partial charge < -0.3 is 20.7 Å². The lowest BCUT2D eigenvalue weighted by atomic mass is 10.2. The van der Waals surface area contributed by atoms with E-state index in [0.717, 1.165) is 0 Å². The summed E-state index contributed by atoms with van der Waals surface area (Å²) in [6.07, 6.45) is 0. The molecule has 9 nitrogen and oxygen atoms in total. The minimum Gasteiger partial charge on any atom is -0.545 e. The number of aromatic hydroxyl groups is 1. The lowest BCUT2D eigenvalue weighted by Gasteiger charge is -2.01. The summed E-state index contributed by atoms with van der Waals surface area (Å²) in [6.45, 7) is 0. The lowest BCUT2D eigenvalue weighted by Crippen LogP contribution is -2.21. The van der Waals surface area contributed by atoms with E-state index in [9.17, 15) is 19.8 Å². The number of carboxylic acid groups (broad SMARTS) is 1. The molecule has 0 bridgehead atoms. The van der Waals surface area contributed by atoms with Crippen LogP contribution in [-0.2, 0) is 0 Å². The lowest BCUT2D eigenvalue weighted by molar-refractivity contribution is -0.255. The Morgan fingerprint density at radius 1 is 1.30 bits per heavy atom. The molecule has 1 aromatic carbocycles. The molecule has 9 heteroatoms. The molecule has 0 aliphatic carbocycles. The van der Waals surface area contributed by atoms with E-state index in [2.05, 4.69) is 20.2 Å². The first-order valence-electron chi connectivity index (χ1n) is 5.29. The molecule has 1 aromatic heterocycles. The number of aromatic amines is 1. The van der Waals surface area contributed by atoms with Crippen LogP contribution in [0.1, 0.15) is 10.4 Å². The molecule has 0 unspecified atom stereocenters. The zero-order valence-corrected chi connectivity index (χ0v) is 9.90. The number of nitrogen functional groups attached to an aromatic ring is 1. The second kappa shape index (κ2) is 5.18. The highest BCUT2D eigenvalue weighted by Gasteiger charge is 2.08. The Hall–Kier alpha value is -3.23. The minimum atomic E-state index is -1.31. The predicted octanol–water partition coefficient (Wildman–Crippen LogP) is -0.163. The Labute approximate surface area is 111 Å². The number of hydrogen-bond acceptors (Lipinski definition) is 8. The van der Waals surface area contributed by atoms with Crippen molar-refractivity contribution in [1.82, 2.24) is 9.97 Å². The Balaban J connectivity index is 2.30. The Kier molecular flexibility index (Phi) is 3.42. The van der Waals surface area contributed by atoms with Crippen molar-refractivity contribution in [2.75, 3.05) is 5.73 Å². The number of carbonyl (C=O) groups is 1. The number of azo groups is 1. The van der Waals surface area contributed by atoms with Crippen molar-refractivity contribution >= 4 is 23.3 Å². The second-order valence-corrected chi connectivity index (χ2v) is 3.66. The van der Waals surface area contributed by atoms with Gasteiger partial charge in [0.1, 0.15) is 0 Å². The molecule has 0 spiro atoms. The number of aromatic carboxylic acids is 1. The summed E-state index contributed by atoms with van der Waals surface area (Å²) >= 11 is 0. The number of H-pyrrole nitrogens is 1. The van der Waals surface area contributed by atoms with E-state index in [1.165, 1.54) is 24.3 Å². The van der Waals surface area contributed by atoms with Gasteiger partial charge in [0.15, 0.2) is 0 Å². The van der Waals surface area contributed by atoms with Crippen LogP contribution < -0.4 is 16.4 Å². The van der Waals surface area contributed by atoms with E-state index in [0.29, 0.717) is 0 Å². The summed E-state index contributed by atoms with van der Waals surface area (Å²) in [4.78, 5) is 27.6. The van der Waals surface area contributed by atoms with Crippen molar-refractivity contribution in [3.05, 3.63) is 40.2 Å². The van der Waals surface area contributed by atoms with Gasteiger partial charge in [0.25, 0.3) is 5.56 Å². The molecule has 4 N–H and O–H groups in total. The van der Waals surface area contributed by atoms with Crippen LogP contribution in [0.4, 0.5) is 17.3 Å². The molecule has 0 saturated carbocycles. The molecule has 0 aliphatic heterocycles. The minimum absolute atomic E-state index is 0.0150. The van der Waals surface area contributed by atoms with E-state index in [4.69, 9.17) is 5.73 Å². The van der Waals surface area contributed by atoms with Crippen LogP contribution in [0.5, 0.6) is 5.88 Å². The fourth-order valence-electron chi connectivity index (χ4n) is 1.33. The van der Waals surface area contributed by atoms with Crippen molar-refractivity contribution < 1.29 is 15.0 Å². The number of nitrogens with zero attached hydrogens (tertiary/aromatic N) is 3. The zero-order valence-electron chi connectivity index (χ0n) is 9.90. The van der Waals surface area contributed by atoms with E-state index in [1.54, 1.807) is 0 Å². The second-order valence-electron chi connectivity index (χ2n) is 3.66. The summed E-state index contributed by atoms with van der Waals surface area (Å²) in [5, 5.41) is 27.2. The highest BCUT2D eigenvalue weighted by molar-refractivity contribution is 5.86. The zero-order chi connectivity index (χ0) is 14.7. The largest absolute Gasteiger partial charge is 0.545 e. The number of nitrogens with one attached hydrogen (secondary N) is 1. The van der Waals surface area contributed by atoms with Crippen LogP contribution in [0, 0.1) is 0 Å². The normalized spacial score (nSPS) is 10.8. The number of carbonyl (C=O) groups excluding carboxylic acids is 1. The molecule has 2 aromatic rings. The smallest absolute Gasteiger partial charge is 0.284 e. The maximum atomic E-state index is 11.5. The number of aromatic nitrogens is 2. The van der Waals surface area contributed by atoms with Crippen molar-refractivity contribution in [2.24, 2.45) is 10.2 Å². The van der Waals surface area contributed by atoms with Gasteiger partial charge in [-0.3, -0.25) is 9.78 Å². The molecule has 1 heterocycles. The molecular formula is C11H8N5O4-. The maximum Gasteiger partial charge on any atom is 0.284 e. The molecule has 0 radical (unpaired) electrons. The molecule has 2 rings (SSSR count). The van der Waals surface area contributed by atoms with Gasteiger partial charge in [0.2, 0.25) is 17.5 Å². The molecule has 0 saturated heterocycles. The number of rotatable bonds is 3. The number of hydrogen-bond donors (Lipinski definition) is 3. The fourth-order valence-corrected chi connectivity index (χ4v) is 1.33. The number of nitrogens with two attached hydrogens (primary N) is 1. The molecule has 0 aliphatic rings. The van der Waals surface area contributed by atoms with Gasteiger partial charge in [-0.2, -0.15) is 10.1 Å². The van der Waals surface area contributed by atoms with E-state index >= 15 is 0 Å². The van der Waals surface area contributed by atoms with Crippen LogP contribution in [0.25, 0.3) is 0 Å². The van der Waals surface area contributed by atoms with Crippen LogP contribution >= 0.6 is 0 Å². The summed E-state index contributed by atoms with van der Waals surface area (Å²) in [5.74, 6) is -2.21. The van der Waals surface area contributed by atoms with Gasteiger partial charge >= 0.3 is 0 Å². The third-order valence-corrected chi connectivity index (χ3v) is 2.26. The number of carboxylic acids is 1. The summed E-state index contributed by atoms with van der Waals surface area (Å²) in [5.41, 5.74) is 4.34. The van der Waals surface area contributed by atoms with Gasteiger partial charge in [-0.05, 0) is 17.7 Å². The highest BCUT2D eigenvalue weighted by Crippen LogP contribution is 2.22. The van der Waals surface area contributed by atoms with E-state index < -0.39 is 23.1 Å². The average Bonchev–Trinajstić information content (AvgIpc) is 2.38. The third kappa shape index (κ3) is 2.77. The van der Waals surface area contributed by atoms with Crippen molar-refractivity contribution in [3.63, 3.8) is 0 Å². The van der Waals surface area contributed by atoms with Gasteiger partial charge in [0.05, 0.1) is 11.7 Å². The van der Waals surface area contributed by atoms with Crippen LogP contribution in [0.2, 0.25) is 0 Å². The topological polar surface area (TPSA) is 157 Å². The maximum absolute atomic E-state index is 11.5. The van der Waals surface area contributed by atoms with Gasteiger partial charge in [-0.25, -0.2) is 0 Å². The van der Waals surface area contributed by atoms with Gasteiger partial charge in [-0.1, -0.05) is 12.1 Å². The first-order valence-corrected chi connectivity index (χ1v) is 5.29. The fraction of sp³-hybridized carbons (Fsp3) is 0. The predicted molar refractivity (Wildman–Crippen MR) is 65.9 cm³/mol. The summed E-state index contributed by atoms with van der Waals surface area (Å²) in [7, 11) is 0. The quantitative estimate of drug-likeness (QED) is 0.659. The van der Waals surface area contributed by atoms with E-state index in [-0.39, 0.29) is 17.2 Å². The third-order valence-electron chi connectivity index (χ3n) is 2.26. The Morgan fingerprint density at radius 2 is 1.95 bits per heavy atom. The number of anilines is 1. The van der Waals surface area contributed by atoms with Gasteiger partial charge in [-0.15, -0.1) is 5.11 Å². The van der Waals surface area contributed by atoms with Crippen molar-refractivity contribution in [3.8, 4) is 5.88 Å². The SMILES string of the molecule is Nc1nc(O)c(N=Nc2ccc(C(=O)[O-])cc2)c(=O)[nH]1. The summed E-state index contributed by atoms with van der Waals surface area (Å²) < 4.78 is 0. The van der Waals surface area contributed by atoms with Crippen molar-refractivity contribution in [1.29, 1.82) is 0 Å². The van der Waals surface area contributed by atoms with E-state index in [1.807, 2.05) is 0 Å².